The molecule has 0 bridgehead atoms. The number of halogens is 4. The second kappa shape index (κ2) is 15.7. The molecule has 0 saturated heterocycles. The van der Waals surface area contributed by atoms with Crippen LogP contribution in [0.3, 0.4) is 0 Å². The Hall–Kier alpha value is -5.38. The summed E-state index contributed by atoms with van der Waals surface area (Å²) in [5.74, 6) is -0.799. The summed E-state index contributed by atoms with van der Waals surface area (Å²) in [5.41, 5.74) is 3.15. The molecule has 0 aliphatic heterocycles. The Morgan fingerprint density at radius 3 is 1.20 bits per heavy atom. The highest BCUT2D eigenvalue weighted by atomic mass is 19.3. The zero-order valence-corrected chi connectivity index (χ0v) is 23.3. The smallest absolute Gasteiger partial charge is 0.387 e. The van der Waals surface area contributed by atoms with Crippen LogP contribution in [0.4, 0.5) is 17.6 Å². The molecule has 0 aromatic heterocycles. The number of hydrogen-bond acceptors (Lipinski definition) is 4. The molecule has 2 N–H and O–H groups in total. The Balaban J connectivity index is 1.43. The third kappa shape index (κ3) is 9.59. The minimum Gasteiger partial charge on any atom is -0.435 e. The number of hydrogen-bond donors (Lipinski definition) is 2. The van der Waals surface area contributed by atoms with Gasteiger partial charge >= 0.3 is 13.2 Å². The molecule has 44 heavy (non-hydrogen) atoms. The van der Waals surface area contributed by atoms with Crippen molar-refractivity contribution in [1.29, 1.82) is 0 Å². The van der Waals surface area contributed by atoms with E-state index in [0.717, 1.165) is 0 Å². The van der Waals surface area contributed by atoms with Gasteiger partial charge in [-0.3, -0.25) is 9.59 Å². The molecule has 6 nitrogen and oxygen atoms in total. The number of nitrogens with one attached hydrogen (secondary N) is 2. The van der Waals surface area contributed by atoms with Crippen LogP contribution in [0.25, 0.3) is 23.3 Å². The zero-order valence-electron chi connectivity index (χ0n) is 23.3. The molecule has 4 aromatic carbocycles. The predicted octanol–water partition coefficient (Wildman–Crippen LogP) is 6.90. The summed E-state index contributed by atoms with van der Waals surface area (Å²) >= 11 is 0. The van der Waals surface area contributed by atoms with Gasteiger partial charge in [-0.25, -0.2) is 0 Å². The quantitative estimate of drug-likeness (QED) is 0.0754. The maximum atomic E-state index is 13.2. The second-order valence-electron chi connectivity index (χ2n) is 9.25. The lowest BCUT2D eigenvalue weighted by molar-refractivity contribution is -0.117. The molecule has 0 aliphatic rings. The molecule has 0 unspecified atom stereocenters. The van der Waals surface area contributed by atoms with Gasteiger partial charge in [0, 0.05) is 24.2 Å². The van der Waals surface area contributed by atoms with Crippen LogP contribution < -0.4 is 20.1 Å². The Labute approximate surface area is 251 Å². The molecule has 0 saturated carbocycles. The van der Waals surface area contributed by atoms with Crippen LogP contribution >= 0.6 is 0 Å². The highest BCUT2D eigenvalue weighted by Gasteiger charge is 2.15. The molecule has 0 fully saturated rings. The van der Waals surface area contributed by atoms with Crippen LogP contribution in [-0.2, 0) is 9.59 Å². The van der Waals surface area contributed by atoms with E-state index in [2.05, 4.69) is 20.1 Å². The third-order valence-electron chi connectivity index (χ3n) is 6.19. The van der Waals surface area contributed by atoms with E-state index >= 15 is 0 Å². The van der Waals surface area contributed by atoms with Gasteiger partial charge in [0.1, 0.15) is 11.5 Å². The number of ether oxygens (including phenoxy) is 2. The summed E-state index contributed by atoms with van der Waals surface area (Å²) < 4.78 is 58.7. The normalized spacial score (nSPS) is 11.8. The van der Waals surface area contributed by atoms with Gasteiger partial charge in [0.15, 0.2) is 0 Å². The van der Waals surface area contributed by atoms with Crippen LogP contribution in [0.2, 0.25) is 0 Å². The molecular weight excluding hydrogens is 576 g/mol. The van der Waals surface area contributed by atoms with Crippen molar-refractivity contribution in [2.45, 2.75) is 13.2 Å². The van der Waals surface area contributed by atoms with Crippen molar-refractivity contribution in [3.8, 4) is 11.5 Å². The van der Waals surface area contributed by atoms with Crippen molar-refractivity contribution in [2.75, 3.05) is 13.1 Å². The van der Waals surface area contributed by atoms with E-state index in [4.69, 9.17) is 0 Å². The van der Waals surface area contributed by atoms with Gasteiger partial charge < -0.3 is 20.1 Å². The molecule has 2 amide bonds. The van der Waals surface area contributed by atoms with E-state index < -0.39 is 25.0 Å². The van der Waals surface area contributed by atoms with Gasteiger partial charge in [0.25, 0.3) is 11.8 Å². The average molecular weight is 605 g/mol. The first-order valence-corrected chi connectivity index (χ1v) is 13.5. The summed E-state index contributed by atoms with van der Waals surface area (Å²) in [6.45, 7) is -5.66. The van der Waals surface area contributed by atoms with Crippen molar-refractivity contribution in [3.63, 3.8) is 0 Å². The highest BCUT2D eigenvalue weighted by Crippen LogP contribution is 2.23. The molecule has 0 aliphatic carbocycles. The lowest BCUT2D eigenvalue weighted by Crippen LogP contribution is -2.35. The van der Waals surface area contributed by atoms with Gasteiger partial charge in [-0.15, -0.1) is 0 Å². The Bertz CT molecular complexity index is 1450. The Kier molecular flexibility index (Phi) is 11.3. The molecule has 10 heteroatoms. The Morgan fingerprint density at radius 2 is 0.886 bits per heavy atom. The maximum absolute atomic E-state index is 13.2. The van der Waals surface area contributed by atoms with Crippen molar-refractivity contribution < 1.29 is 36.6 Å². The monoisotopic (exact) mass is 604 g/mol. The van der Waals surface area contributed by atoms with Crippen molar-refractivity contribution >= 4 is 35.1 Å². The van der Waals surface area contributed by atoms with Crippen molar-refractivity contribution in [2.24, 2.45) is 0 Å². The van der Waals surface area contributed by atoms with E-state index in [1.807, 2.05) is 12.1 Å². The van der Waals surface area contributed by atoms with Crippen LogP contribution in [0, 0.1) is 0 Å². The average Bonchev–Trinajstić information content (AvgIpc) is 3.02. The molecular formula is C34H28F4N2O4. The first kappa shape index (κ1) is 31.6. The SMILES string of the molecule is O=C(NCCNC(=O)C(=Cc1ccc(OC(F)F)cc1)c1ccccc1)C(=Cc1ccc(OC(F)F)cc1)c1ccccc1. The fourth-order valence-electron chi connectivity index (χ4n) is 4.16. The molecule has 0 atom stereocenters. The number of benzene rings is 4. The van der Waals surface area contributed by atoms with Gasteiger partial charge in [-0.2, -0.15) is 17.6 Å². The van der Waals surface area contributed by atoms with Gasteiger partial charge in [-0.05, 0) is 58.7 Å². The largest absolute Gasteiger partial charge is 0.435 e. The molecule has 4 rings (SSSR count). The topological polar surface area (TPSA) is 76.7 Å². The van der Waals surface area contributed by atoms with Crippen LogP contribution in [0.5, 0.6) is 11.5 Å². The van der Waals surface area contributed by atoms with E-state index in [1.165, 1.54) is 24.3 Å². The van der Waals surface area contributed by atoms with Crippen LogP contribution in [0.1, 0.15) is 22.3 Å². The van der Waals surface area contributed by atoms with Crippen molar-refractivity contribution in [1.82, 2.24) is 10.6 Å². The summed E-state index contributed by atoms with van der Waals surface area (Å²) in [7, 11) is 0. The lowest BCUT2D eigenvalue weighted by Gasteiger charge is -2.12. The van der Waals surface area contributed by atoms with Gasteiger partial charge in [-0.1, -0.05) is 84.9 Å². The number of carbonyl (C=O) groups excluding carboxylic acids is 2. The van der Waals surface area contributed by atoms with Crippen LogP contribution in [0.15, 0.2) is 109 Å². The summed E-state index contributed by atoms with van der Waals surface area (Å²) in [4.78, 5) is 26.4. The van der Waals surface area contributed by atoms with E-state index in [1.54, 1.807) is 84.9 Å². The molecule has 0 radical (unpaired) electrons. The van der Waals surface area contributed by atoms with E-state index in [-0.39, 0.29) is 24.6 Å². The molecule has 0 heterocycles. The van der Waals surface area contributed by atoms with E-state index in [9.17, 15) is 27.2 Å². The number of amides is 2. The number of rotatable bonds is 13. The van der Waals surface area contributed by atoms with Crippen LogP contribution in [-0.4, -0.2) is 38.1 Å². The van der Waals surface area contributed by atoms with E-state index in [0.29, 0.717) is 33.4 Å². The highest BCUT2D eigenvalue weighted by molar-refractivity contribution is 6.25. The summed E-state index contributed by atoms with van der Waals surface area (Å²) in [6, 6.07) is 29.6. The summed E-state index contributed by atoms with van der Waals surface area (Å²) in [6.07, 6.45) is 3.26. The standard InChI is InChI=1S/C34H28F4N2O4/c35-33(36)43-27-15-11-23(12-16-27)21-29(25-7-3-1-4-8-25)31(41)39-19-20-40-32(42)30(26-9-5-2-6-10-26)22-24-13-17-28(18-14-24)44-34(37)38/h1-18,21-22,33-34H,19-20H2,(H,39,41)(H,40,42). The predicted molar refractivity (Wildman–Crippen MR) is 161 cm³/mol. The molecule has 226 valence electrons. The fourth-order valence-corrected chi connectivity index (χ4v) is 4.16. The fraction of sp³-hybridized carbons (Fsp3) is 0.118. The third-order valence-corrected chi connectivity index (χ3v) is 6.19. The zero-order chi connectivity index (χ0) is 31.3. The Morgan fingerprint density at radius 1 is 0.545 bits per heavy atom. The lowest BCUT2D eigenvalue weighted by atomic mass is 10.0. The van der Waals surface area contributed by atoms with Gasteiger partial charge in [0.2, 0.25) is 0 Å². The van der Waals surface area contributed by atoms with Crippen molar-refractivity contribution in [3.05, 3.63) is 131 Å². The molecule has 4 aromatic rings. The minimum atomic E-state index is -2.94. The summed E-state index contributed by atoms with van der Waals surface area (Å²) in [5, 5.41) is 5.61. The molecule has 0 spiro atoms. The number of alkyl halides is 4. The number of carbonyl (C=O) groups is 2. The first-order chi connectivity index (χ1) is 21.3. The minimum absolute atomic E-state index is 0.000274. The van der Waals surface area contributed by atoms with Gasteiger partial charge in [0.05, 0.1) is 0 Å². The first-order valence-electron chi connectivity index (χ1n) is 13.5. The second-order valence-corrected chi connectivity index (χ2v) is 9.25. The maximum Gasteiger partial charge on any atom is 0.387 e.